The van der Waals surface area contributed by atoms with Crippen LogP contribution in [0.5, 0.6) is 5.75 Å². The Kier molecular flexibility index (Phi) is 5.48. The molecular formula is C20H21NO4. The number of aliphatic hydroxyl groups is 1. The van der Waals surface area contributed by atoms with Gasteiger partial charge in [-0.1, -0.05) is 31.2 Å². The molecule has 0 bridgehead atoms. The molecule has 0 fully saturated rings. The van der Waals surface area contributed by atoms with Crippen LogP contribution in [-0.4, -0.2) is 30.9 Å². The molecule has 3 rings (SSSR count). The molecule has 1 heterocycles. The van der Waals surface area contributed by atoms with Crippen LogP contribution in [-0.2, 0) is 0 Å². The Morgan fingerprint density at radius 2 is 1.92 bits per heavy atom. The second kappa shape index (κ2) is 7.96. The van der Waals surface area contributed by atoms with Crippen LogP contribution in [0.15, 0.2) is 63.8 Å². The van der Waals surface area contributed by atoms with Gasteiger partial charge in [-0.25, -0.2) is 0 Å². The zero-order chi connectivity index (χ0) is 17.6. The number of rotatable bonds is 7. The van der Waals surface area contributed by atoms with Gasteiger partial charge in [0.25, 0.3) is 0 Å². The average molecular weight is 339 g/mol. The first kappa shape index (κ1) is 17.2. The lowest BCUT2D eigenvalue weighted by Gasteiger charge is -2.15. The van der Waals surface area contributed by atoms with E-state index in [-0.39, 0.29) is 12.0 Å². The van der Waals surface area contributed by atoms with Gasteiger partial charge in [0.2, 0.25) is 0 Å². The van der Waals surface area contributed by atoms with Crippen LogP contribution in [0.3, 0.4) is 0 Å². The fraction of sp³-hybridized carbons (Fsp3) is 0.250. The van der Waals surface area contributed by atoms with E-state index >= 15 is 0 Å². The summed E-state index contributed by atoms with van der Waals surface area (Å²) in [5, 5.41) is 13.5. The minimum Gasteiger partial charge on any atom is -0.490 e. The van der Waals surface area contributed by atoms with Gasteiger partial charge in [-0.15, -0.1) is 0 Å². The molecule has 2 N–H and O–H groups in total. The highest BCUT2D eigenvalue weighted by molar-refractivity contribution is 5.79. The molecule has 0 saturated carbocycles. The van der Waals surface area contributed by atoms with E-state index in [2.05, 4.69) is 5.32 Å². The number of para-hydroxylation sites is 2. The molecule has 25 heavy (non-hydrogen) atoms. The van der Waals surface area contributed by atoms with Crippen LogP contribution in [0.1, 0.15) is 6.92 Å². The number of benzene rings is 2. The van der Waals surface area contributed by atoms with Crippen molar-refractivity contribution in [3.8, 4) is 17.1 Å². The fourth-order valence-corrected chi connectivity index (χ4v) is 2.59. The van der Waals surface area contributed by atoms with Gasteiger partial charge in [-0.3, -0.25) is 4.79 Å². The molecular weight excluding hydrogens is 318 g/mol. The third-order valence-corrected chi connectivity index (χ3v) is 3.85. The monoisotopic (exact) mass is 339 g/mol. The highest BCUT2D eigenvalue weighted by Gasteiger charge is 2.13. The summed E-state index contributed by atoms with van der Waals surface area (Å²) in [5.41, 5.74) is 1.12. The lowest BCUT2D eigenvalue weighted by Crippen LogP contribution is -2.31. The number of aliphatic hydroxyl groups excluding tert-OH is 1. The lowest BCUT2D eigenvalue weighted by molar-refractivity contribution is 0.107. The second-order valence-electron chi connectivity index (χ2n) is 5.74. The van der Waals surface area contributed by atoms with Gasteiger partial charge < -0.3 is 19.6 Å². The minimum absolute atomic E-state index is 0.0983. The molecule has 0 radical (unpaired) electrons. The van der Waals surface area contributed by atoms with Crippen molar-refractivity contribution in [3.05, 3.63) is 64.8 Å². The molecule has 130 valence electrons. The SMILES string of the molecule is CCNCC(O)COc1ccccc1-c1cc(=O)c2ccccc2o1. The highest BCUT2D eigenvalue weighted by Crippen LogP contribution is 2.30. The van der Waals surface area contributed by atoms with Crippen molar-refractivity contribution < 1.29 is 14.3 Å². The smallest absolute Gasteiger partial charge is 0.193 e. The topological polar surface area (TPSA) is 71.7 Å². The molecule has 0 aliphatic heterocycles. The van der Waals surface area contributed by atoms with Crippen LogP contribution in [0.4, 0.5) is 0 Å². The van der Waals surface area contributed by atoms with Crippen LogP contribution < -0.4 is 15.5 Å². The summed E-state index contributed by atoms with van der Waals surface area (Å²) >= 11 is 0. The zero-order valence-corrected chi connectivity index (χ0v) is 14.1. The Hall–Kier alpha value is -2.63. The van der Waals surface area contributed by atoms with Crippen LogP contribution in [0.2, 0.25) is 0 Å². The summed E-state index contributed by atoms with van der Waals surface area (Å²) in [6, 6.07) is 15.9. The van der Waals surface area contributed by atoms with Gasteiger partial charge in [0.05, 0.1) is 10.9 Å². The summed E-state index contributed by atoms with van der Waals surface area (Å²) in [6.07, 6.45) is -0.614. The Bertz CT molecular complexity index is 903. The summed E-state index contributed by atoms with van der Waals surface area (Å²) < 4.78 is 11.6. The Morgan fingerprint density at radius 3 is 2.76 bits per heavy atom. The summed E-state index contributed by atoms with van der Waals surface area (Å²) in [7, 11) is 0. The van der Waals surface area contributed by atoms with E-state index in [1.54, 1.807) is 18.2 Å². The van der Waals surface area contributed by atoms with Crippen LogP contribution >= 0.6 is 0 Å². The van der Waals surface area contributed by atoms with Crippen LogP contribution in [0, 0.1) is 0 Å². The Morgan fingerprint density at radius 1 is 1.16 bits per heavy atom. The maximum absolute atomic E-state index is 12.3. The van der Waals surface area contributed by atoms with Gasteiger partial charge in [0, 0.05) is 12.6 Å². The lowest BCUT2D eigenvalue weighted by atomic mass is 10.1. The van der Waals surface area contributed by atoms with E-state index in [1.165, 1.54) is 6.07 Å². The molecule has 1 aromatic heterocycles. The van der Waals surface area contributed by atoms with Crippen molar-refractivity contribution >= 4 is 11.0 Å². The van der Waals surface area contributed by atoms with E-state index in [4.69, 9.17) is 9.15 Å². The normalized spacial score (nSPS) is 12.2. The molecule has 1 unspecified atom stereocenters. The van der Waals surface area contributed by atoms with Crippen molar-refractivity contribution in [1.29, 1.82) is 0 Å². The average Bonchev–Trinajstić information content (AvgIpc) is 2.65. The third kappa shape index (κ3) is 4.07. The van der Waals surface area contributed by atoms with Crippen LogP contribution in [0.25, 0.3) is 22.3 Å². The predicted molar refractivity (Wildman–Crippen MR) is 98.0 cm³/mol. The molecule has 0 aliphatic carbocycles. The number of fused-ring (bicyclic) bond motifs is 1. The molecule has 5 heteroatoms. The number of likely N-dealkylation sites (N-methyl/N-ethyl adjacent to an activating group) is 1. The molecule has 3 aromatic rings. The second-order valence-corrected chi connectivity index (χ2v) is 5.74. The first-order valence-corrected chi connectivity index (χ1v) is 8.33. The van der Waals surface area contributed by atoms with Gasteiger partial charge in [0.15, 0.2) is 5.43 Å². The van der Waals surface area contributed by atoms with Crippen molar-refractivity contribution in [2.75, 3.05) is 19.7 Å². The summed E-state index contributed by atoms with van der Waals surface area (Å²) in [4.78, 5) is 12.3. The summed E-state index contributed by atoms with van der Waals surface area (Å²) in [6.45, 7) is 3.38. The number of ether oxygens (including phenoxy) is 1. The first-order valence-electron chi connectivity index (χ1n) is 8.33. The number of nitrogens with one attached hydrogen (secondary N) is 1. The maximum Gasteiger partial charge on any atom is 0.193 e. The first-order chi connectivity index (χ1) is 12.2. The minimum atomic E-state index is -0.614. The van der Waals surface area contributed by atoms with Gasteiger partial charge >= 0.3 is 0 Å². The molecule has 2 aromatic carbocycles. The van der Waals surface area contributed by atoms with E-state index in [0.717, 1.165) is 6.54 Å². The van der Waals surface area contributed by atoms with Gasteiger partial charge in [-0.05, 0) is 30.8 Å². The molecule has 5 nitrogen and oxygen atoms in total. The predicted octanol–water partition coefficient (Wildman–Crippen LogP) is 2.81. The standard InChI is InChI=1S/C20H21NO4/c1-2-21-12-14(22)13-24-18-9-5-4-8-16(18)20-11-17(23)15-7-3-6-10-19(15)25-20/h3-11,14,21-22H,2,12-13H2,1H3. The van der Waals surface area contributed by atoms with E-state index in [0.29, 0.717) is 34.6 Å². The van der Waals surface area contributed by atoms with Crippen molar-refractivity contribution in [2.24, 2.45) is 0 Å². The molecule has 0 aliphatic rings. The fourth-order valence-electron chi connectivity index (χ4n) is 2.59. The Balaban J connectivity index is 1.89. The zero-order valence-electron chi connectivity index (χ0n) is 14.1. The maximum atomic E-state index is 12.3. The summed E-state index contributed by atoms with van der Waals surface area (Å²) in [5.74, 6) is 1.01. The van der Waals surface area contributed by atoms with E-state index in [9.17, 15) is 9.90 Å². The number of hydrogen-bond donors (Lipinski definition) is 2. The van der Waals surface area contributed by atoms with Gasteiger partial charge in [-0.2, -0.15) is 0 Å². The van der Waals surface area contributed by atoms with Crippen molar-refractivity contribution in [3.63, 3.8) is 0 Å². The molecule has 0 saturated heterocycles. The van der Waals surface area contributed by atoms with Crippen molar-refractivity contribution in [1.82, 2.24) is 5.32 Å². The Labute approximate surface area is 145 Å². The molecule has 0 spiro atoms. The molecule has 0 amide bonds. The van der Waals surface area contributed by atoms with E-state index in [1.807, 2.05) is 37.3 Å². The third-order valence-electron chi connectivity index (χ3n) is 3.85. The largest absolute Gasteiger partial charge is 0.490 e. The van der Waals surface area contributed by atoms with Gasteiger partial charge in [0.1, 0.15) is 29.8 Å². The number of hydrogen-bond acceptors (Lipinski definition) is 5. The van der Waals surface area contributed by atoms with Crippen molar-refractivity contribution in [2.45, 2.75) is 13.0 Å². The quantitative estimate of drug-likeness (QED) is 0.692. The highest BCUT2D eigenvalue weighted by atomic mass is 16.5. The molecule has 1 atom stereocenters. The van der Waals surface area contributed by atoms with E-state index < -0.39 is 6.10 Å².